The van der Waals surface area contributed by atoms with Gasteiger partial charge >= 0.3 is 6.61 Å². The minimum Gasteiger partial charge on any atom is -0.433 e. The number of hydrogen-bond acceptors (Lipinski definition) is 4. The lowest BCUT2D eigenvalue weighted by molar-refractivity contribution is -0.0499. The van der Waals surface area contributed by atoms with Crippen LogP contribution in [0.2, 0.25) is 0 Å². The smallest absolute Gasteiger partial charge is 0.387 e. The highest BCUT2D eigenvalue weighted by Crippen LogP contribution is 2.28. The van der Waals surface area contributed by atoms with Gasteiger partial charge in [-0.15, -0.1) is 23.7 Å². The molecule has 0 bridgehead atoms. The quantitative estimate of drug-likeness (QED) is 0.932. The lowest BCUT2D eigenvalue weighted by Gasteiger charge is -2.30. The Hall–Kier alpha value is -0.920. The molecule has 0 saturated carbocycles. The summed E-state index contributed by atoms with van der Waals surface area (Å²) in [7, 11) is 0. The zero-order chi connectivity index (χ0) is 13.1. The Balaban J connectivity index is 0.00000180. The molecule has 2 rings (SSSR count). The van der Waals surface area contributed by atoms with Crippen LogP contribution in [0.1, 0.15) is 22.5 Å². The van der Waals surface area contributed by atoms with Crippen molar-refractivity contribution in [2.45, 2.75) is 25.5 Å². The predicted octanol–water partition coefficient (Wildman–Crippen LogP) is 2.33. The van der Waals surface area contributed by atoms with Gasteiger partial charge in [-0.2, -0.15) is 8.78 Å². The van der Waals surface area contributed by atoms with Gasteiger partial charge in [-0.1, -0.05) is 0 Å². The first-order chi connectivity index (χ1) is 8.58. The zero-order valence-electron chi connectivity index (χ0n) is 10.1. The topological polar surface area (TPSA) is 55.6 Å². The van der Waals surface area contributed by atoms with Crippen LogP contribution in [0.25, 0.3) is 0 Å². The molecule has 1 amide bonds. The maximum Gasteiger partial charge on any atom is 0.387 e. The van der Waals surface area contributed by atoms with Crippen molar-refractivity contribution in [3.05, 3.63) is 16.3 Å². The van der Waals surface area contributed by atoms with E-state index in [-0.39, 0.29) is 35.0 Å². The van der Waals surface area contributed by atoms with E-state index in [1.54, 1.807) is 10.3 Å². The Morgan fingerprint density at radius 1 is 1.47 bits per heavy atom. The molecule has 1 aromatic heterocycles. The maximum absolute atomic E-state index is 12.2. The molecule has 108 valence electrons. The molecule has 0 unspecified atom stereocenters. The van der Waals surface area contributed by atoms with Crippen LogP contribution in [0.5, 0.6) is 5.75 Å². The standard InChI is InChI=1S/C11H14F2N2O2S.ClH/c12-11(13)17-8-3-6-18-9(8)10(16)15-4-1-7(14)2-5-15;/h3,6-7,11H,1-2,4-5,14H2;1H. The van der Waals surface area contributed by atoms with Crippen LogP contribution in [-0.2, 0) is 0 Å². The molecule has 1 aromatic rings. The van der Waals surface area contributed by atoms with Crippen molar-refractivity contribution in [2.75, 3.05) is 13.1 Å². The van der Waals surface area contributed by atoms with E-state index in [0.29, 0.717) is 13.1 Å². The molecule has 0 radical (unpaired) electrons. The first-order valence-electron chi connectivity index (χ1n) is 5.65. The Morgan fingerprint density at radius 2 is 2.11 bits per heavy atom. The van der Waals surface area contributed by atoms with Crippen molar-refractivity contribution in [3.8, 4) is 5.75 Å². The monoisotopic (exact) mass is 312 g/mol. The van der Waals surface area contributed by atoms with E-state index in [1.165, 1.54) is 6.07 Å². The summed E-state index contributed by atoms with van der Waals surface area (Å²) in [6.07, 6.45) is 1.48. The normalized spacial score (nSPS) is 16.3. The van der Waals surface area contributed by atoms with Gasteiger partial charge in [0.25, 0.3) is 5.91 Å². The van der Waals surface area contributed by atoms with Crippen LogP contribution in [0, 0.1) is 0 Å². The molecule has 2 heterocycles. The van der Waals surface area contributed by atoms with Crippen molar-refractivity contribution in [1.82, 2.24) is 4.90 Å². The van der Waals surface area contributed by atoms with E-state index in [0.717, 1.165) is 24.2 Å². The van der Waals surface area contributed by atoms with Crippen LogP contribution in [0.3, 0.4) is 0 Å². The van der Waals surface area contributed by atoms with E-state index < -0.39 is 6.61 Å². The number of likely N-dealkylation sites (tertiary alicyclic amines) is 1. The summed E-state index contributed by atoms with van der Waals surface area (Å²) in [6.45, 7) is -1.79. The maximum atomic E-state index is 12.2. The molecular formula is C11H15ClF2N2O2S. The third kappa shape index (κ3) is 4.02. The summed E-state index contributed by atoms with van der Waals surface area (Å²) >= 11 is 1.11. The number of thiophene rings is 1. The average molecular weight is 313 g/mol. The van der Waals surface area contributed by atoms with Crippen molar-refractivity contribution >= 4 is 29.7 Å². The third-order valence-electron chi connectivity index (χ3n) is 2.87. The van der Waals surface area contributed by atoms with Crippen LogP contribution in [0.15, 0.2) is 11.4 Å². The number of alkyl halides is 2. The number of nitrogens with two attached hydrogens (primary N) is 1. The fourth-order valence-electron chi connectivity index (χ4n) is 1.89. The molecule has 2 N–H and O–H groups in total. The van der Waals surface area contributed by atoms with Gasteiger partial charge in [0, 0.05) is 19.1 Å². The van der Waals surface area contributed by atoms with Gasteiger partial charge < -0.3 is 15.4 Å². The Morgan fingerprint density at radius 3 is 2.68 bits per heavy atom. The lowest BCUT2D eigenvalue weighted by Crippen LogP contribution is -2.42. The van der Waals surface area contributed by atoms with Crippen LogP contribution in [0.4, 0.5) is 8.78 Å². The fraction of sp³-hybridized carbons (Fsp3) is 0.545. The summed E-state index contributed by atoms with van der Waals surface area (Å²) < 4.78 is 28.7. The molecule has 1 aliphatic heterocycles. The van der Waals surface area contributed by atoms with E-state index in [2.05, 4.69) is 4.74 Å². The number of amides is 1. The van der Waals surface area contributed by atoms with Crippen molar-refractivity contribution in [3.63, 3.8) is 0 Å². The van der Waals surface area contributed by atoms with Gasteiger partial charge in [-0.3, -0.25) is 4.79 Å². The van der Waals surface area contributed by atoms with Crippen molar-refractivity contribution < 1.29 is 18.3 Å². The molecule has 0 spiro atoms. The van der Waals surface area contributed by atoms with Crippen molar-refractivity contribution in [1.29, 1.82) is 0 Å². The van der Waals surface area contributed by atoms with Gasteiger partial charge in [-0.25, -0.2) is 0 Å². The van der Waals surface area contributed by atoms with Crippen LogP contribution in [-0.4, -0.2) is 36.5 Å². The molecular weight excluding hydrogens is 298 g/mol. The van der Waals surface area contributed by atoms with E-state index in [9.17, 15) is 13.6 Å². The first kappa shape index (κ1) is 16.1. The van der Waals surface area contributed by atoms with E-state index >= 15 is 0 Å². The molecule has 8 heteroatoms. The minimum absolute atomic E-state index is 0. The molecule has 0 atom stereocenters. The van der Waals surface area contributed by atoms with Gasteiger partial charge in [0.15, 0.2) is 0 Å². The summed E-state index contributed by atoms with van der Waals surface area (Å²) in [5.41, 5.74) is 5.75. The number of hydrogen-bond donors (Lipinski definition) is 1. The second-order valence-electron chi connectivity index (χ2n) is 4.12. The second-order valence-corrected chi connectivity index (χ2v) is 5.04. The molecule has 1 aliphatic rings. The number of carbonyl (C=O) groups is 1. The van der Waals surface area contributed by atoms with Crippen LogP contribution >= 0.6 is 23.7 Å². The zero-order valence-corrected chi connectivity index (χ0v) is 11.7. The van der Waals surface area contributed by atoms with Crippen molar-refractivity contribution in [2.24, 2.45) is 5.73 Å². The highest BCUT2D eigenvalue weighted by atomic mass is 35.5. The summed E-state index contributed by atoms with van der Waals surface area (Å²) in [5.74, 6) is -0.303. The third-order valence-corrected chi connectivity index (χ3v) is 3.75. The molecule has 0 aromatic carbocycles. The number of halogens is 3. The predicted molar refractivity (Wildman–Crippen MR) is 71.3 cm³/mol. The van der Waals surface area contributed by atoms with Gasteiger partial charge in [0.1, 0.15) is 10.6 Å². The molecule has 4 nitrogen and oxygen atoms in total. The number of rotatable bonds is 3. The highest BCUT2D eigenvalue weighted by Gasteiger charge is 2.25. The van der Waals surface area contributed by atoms with Crippen LogP contribution < -0.4 is 10.5 Å². The highest BCUT2D eigenvalue weighted by molar-refractivity contribution is 7.12. The SMILES string of the molecule is Cl.NC1CCN(C(=O)c2sccc2OC(F)F)CC1. The Bertz CT molecular complexity index is 423. The molecule has 1 fully saturated rings. The molecule has 1 saturated heterocycles. The minimum atomic E-state index is -2.92. The van der Waals surface area contributed by atoms with Gasteiger partial charge in [0.05, 0.1) is 0 Å². The number of carbonyl (C=O) groups excluding carboxylic acids is 1. The summed E-state index contributed by atoms with van der Waals surface area (Å²) in [6, 6.07) is 1.51. The largest absolute Gasteiger partial charge is 0.433 e. The summed E-state index contributed by atoms with van der Waals surface area (Å²) in [4.78, 5) is 14.0. The Kier molecular flexibility index (Phi) is 5.96. The number of ether oxygens (including phenoxy) is 1. The Labute approximate surface area is 119 Å². The number of piperidine rings is 1. The van der Waals surface area contributed by atoms with Gasteiger partial charge in [0.2, 0.25) is 0 Å². The fourth-order valence-corrected chi connectivity index (χ4v) is 2.68. The summed E-state index contributed by atoms with van der Waals surface area (Å²) in [5, 5.41) is 1.57. The first-order valence-corrected chi connectivity index (χ1v) is 6.53. The van der Waals surface area contributed by atoms with E-state index in [1.807, 2.05) is 0 Å². The molecule has 19 heavy (non-hydrogen) atoms. The number of nitrogens with zero attached hydrogens (tertiary/aromatic N) is 1. The molecule has 0 aliphatic carbocycles. The van der Waals surface area contributed by atoms with E-state index in [4.69, 9.17) is 5.73 Å². The average Bonchev–Trinajstić information content (AvgIpc) is 2.76. The second kappa shape index (κ2) is 7.02. The van der Waals surface area contributed by atoms with Gasteiger partial charge in [-0.05, 0) is 24.3 Å². The lowest BCUT2D eigenvalue weighted by atomic mass is 10.1.